The maximum absolute atomic E-state index is 3.50. The predicted molar refractivity (Wildman–Crippen MR) is 88.5 cm³/mol. The van der Waals surface area contributed by atoms with E-state index in [1.165, 1.54) is 28.5 Å². The summed E-state index contributed by atoms with van der Waals surface area (Å²) >= 11 is 10.5. The van der Waals surface area contributed by atoms with E-state index in [0.717, 1.165) is 0 Å². The summed E-state index contributed by atoms with van der Waals surface area (Å²) in [7, 11) is 0. The standard InChI is InChI=1S/C14H8Br2S2/c15-13-7-5-11(17-13)9-1-2-10(4-3-9)12-6-8-14(16)18-12/h1-8H. The van der Waals surface area contributed by atoms with Crippen molar-refractivity contribution in [2.45, 2.75) is 0 Å². The Morgan fingerprint density at radius 3 is 1.22 bits per heavy atom. The van der Waals surface area contributed by atoms with Crippen LogP contribution in [0.25, 0.3) is 20.9 Å². The van der Waals surface area contributed by atoms with Crippen molar-refractivity contribution in [3.63, 3.8) is 0 Å². The van der Waals surface area contributed by atoms with Gasteiger partial charge in [0.2, 0.25) is 0 Å². The van der Waals surface area contributed by atoms with Crippen molar-refractivity contribution in [2.24, 2.45) is 0 Å². The Hall–Kier alpha value is -0.420. The summed E-state index contributed by atoms with van der Waals surface area (Å²) in [6.45, 7) is 0. The summed E-state index contributed by atoms with van der Waals surface area (Å²) in [6.07, 6.45) is 0. The van der Waals surface area contributed by atoms with Crippen molar-refractivity contribution in [3.8, 4) is 20.9 Å². The molecule has 3 rings (SSSR count). The van der Waals surface area contributed by atoms with Crippen molar-refractivity contribution in [3.05, 3.63) is 56.1 Å². The van der Waals surface area contributed by atoms with Crippen LogP contribution in [-0.2, 0) is 0 Å². The quantitative estimate of drug-likeness (QED) is 0.451. The monoisotopic (exact) mass is 398 g/mol. The Kier molecular flexibility index (Phi) is 3.71. The van der Waals surface area contributed by atoms with E-state index in [9.17, 15) is 0 Å². The van der Waals surface area contributed by atoms with E-state index >= 15 is 0 Å². The fourth-order valence-electron chi connectivity index (χ4n) is 1.74. The number of thiophene rings is 2. The molecule has 0 amide bonds. The van der Waals surface area contributed by atoms with Crippen LogP contribution in [-0.4, -0.2) is 0 Å². The minimum atomic E-state index is 1.17. The lowest BCUT2D eigenvalue weighted by Crippen LogP contribution is -1.74. The Morgan fingerprint density at radius 2 is 0.944 bits per heavy atom. The van der Waals surface area contributed by atoms with E-state index in [1.807, 2.05) is 0 Å². The van der Waals surface area contributed by atoms with Gasteiger partial charge in [0.05, 0.1) is 7.57 Å². The first-order valence-electron chi connectivity index (χ1n) is 5.34. The molecule has 2 heterocycles. The van der Waals surface area contributed by atoms with E-state index < -0.39 is 0 Å². The summed E-state index contributed by atoms with van der Waals surface area (Å²) in [5, 5.41) is 0. The van der Waals surface area contributed by atoms with Gasteiger partial charge in [-0.2, -0.15) is 0 Å². The molecule has 0 aliphatic heterocycles. The molecule has 0 bridgehead atoms. The minimum Gasteiger partial charge on any atom is -0.128 e. The normalized spacial score (nSPS) is 10.8. The van der Waals surface area contributed by atoms with Gasteiger partial charge in [-0.25, -0.2) is 0 Å². The first-order valence-corrected chi connectivity index (χ1v) is 8.56. The van der Waals surface area contributed by atoms with E-state index in [-0.39, 0.29) is 0 Å². The molecule has 0 nitrogen and oxygen atoms in total. The second-order valence-corrected chi connectivity index (χ2v) is 8.71. The highest BCUT2D eigenvalue weighted by Crippen LogP contribution is 2.35. The molecular formula is C14H8Br2S2. The van der Waals surface area contributed by atoms with Gasteiger partial charge in [-0.15, -0.1) is 22.7 Å². The topological polar surface area (TPSA) is 0 Å². The number of hydrogen-bond acceptors (Lipinski definition) is 2. The average molecular weight is 400 g/mol. The van der Waals surface area contributed by atoms with Crippen molar-refractivity contribution in [2.75, 3.05) is 0 Å². The van der Waals surface area contributed by atoms with Gasteiger partial charge in [0.25, 0.3) is 0 Å². The maximum atomic E-state index is 3.50. The minimum absolute atomic E-state index is 1.17. The van der Waals surface area contributed by atoms with E-state index in [4.69, 9.17) is 0 Å². The highest BCUT2D eigenvalue weighted by atomic mass is 79.9. The number of halogens is 2. The molecule has 0 atom stereocenters. The van der Waals surface area contributed by atoms with Crippen LogP contribution in [0, 0.1) is 0 Å². The third kappa shape index (κ3) is 2.62. The molecule has 0 saturated carbocycles. The Balaban J connectivity index is 1.94. The predicted octanol–water partition coefficient (Wildman–Crippen LogP) is 6.67. The number of hydrogen-bond donors (Lipinski definition) is 0. The largest absolute Gasteiger partial charge is 0.128 e. The molecule has 3 aromatic rings. The first-order chi connectivity index (χ1) is 8.72. The average Bonchev–Trinajstić information content (AvgIpc) is 2.98. The van der Waals surface area contributed by atoms with Crippen LogP contribution < -0.4 is 0 Å². The van der Waals surface area contributed by atoms with Crippen LogP contribution in [0.3, 0.4) is 0 Å². The smallest absolute Gasteiger partial charge is 0.0705 e. The summed E-state index contributed by atoms with van der Waals surface area (Å²) in [5.74, 6) is 0. The van der Waals surface area contributed by atoms with E-state index in [2.05, 4.69) is 80.4 Å². The lowest BCUT2D eigenvalue weighted by atomic mass is 10.1. The third-order valence-corrected chi connectivity index (χ3v) is 5.95. The van der Waals surface area contributed by atoms with Crippen LogP contribution >= 0.6 is 54.5 Å². The van der Waals surface area contributed by atoms with Gasteiger partial charge >= 0.3 is 0 Å². The van der Waals surface area contributed by atoms with Gasteiger partial charge in [0.1, 0.15) is 0 Å². The van der Waals surface area contributed by atoms with Gasteiger partial charge in [0, 0.05) is 9.75 Å². The zero-order chi connectivity index (χ0) is 12.5. The lowest BCUT2D eigenvalue weighted by molar-refractivity contribution is 1.69. The zero-order valence-electron chi connectivity index (χ0n) is 9.19. The molecule has 90 valence electrons. The second-order valence-electron chi connectivity index (χ2n) is 3.78. The molecule has 0 N–H and O–H groups in total. The fourth-order valence-corrected chi connectivity index (χ4v) is 4.52. The van der Waals surface area contributed by atoms with Crippen molar-refractivity contribution < 1.29 is 0 Å². The molecule has 2 aromatic heterocycles. The zero-order valence-corrected chi connectivity index (χ0v) is 14.0. The summed E-state index contributed by atoms with van der Waals surface area (Å²) < 4.78 is 2.34. The molecule has 0 unspecified atom stereocenters. The van der Waals surface area contributed by atoms with Gasteiger partial charge < -0.3 is 0 Å². The molecule has 18 heavy (non-hydrogen) atoms. The van der Waals surface area contributed by atoms with Crippen LogP contribution in [0.4, 0.5) is 0 Å². The highest BCUT2D eigenvalue weighted by Gasteiger charge is 2.04. The molecule has 0 spiro atoms. The molecule has 0 saturated heterocycles. The molecule has 0 radical (unpaired) electrons. The summed E-state index contributed by atoms with van der Waals surface area (Å²) in [5.41, 5.74) is 2.54. The fraction of sp³-hybridized carbons (Fsp3) is 0. The van der Waals surface area contributed by atoms with Crippen LogP contribution in [0.5, 0.6) is 0 Å². The van der Waals surface area contributed by atoms with E-state index in [1.54, 1.807) is 22.7 Å². The van der Waals surface area contributed by atoms with Crippen molar-refractivity contribution in [1.82, 2.24) is 0 Å². The molecular weight excluding hydrogens is 392 g/mol. The molecule has 0 fully saturated rings. The summed E-state index contributed by atoms with van der Waals surface area (Å²) in [6, 6.07) is 17.2. The Labute approximate surface area is 131 Å². The first kappa shape index (κ1) is 12.6. The maximum Gasteiger partial charge on any atom is 0.0705 e. The molecule has 1 aromatic carbocycles. The third-order valence-electron chi connectivity index (χ3n) is 2.60. The Morgan fingerprint density at radius 1 is 0.556 bits per heavy atom. The van der Waals surface area contributed by atoms with Gasteiger partial charge in [-0.05, 0) is 67.3 Å². The number of rotatable bonds is 2. The summed E-state index contributed by atoms with van der Waals surface area (Å²) in [4.78, 5) is 2.58. The lowest BCUT2D eigenvalue weighted by Gasteiger charge is -2.00. The van der Waals surface area contributed by atoms with Crippen LogP contribution in [0.1, 0.15) is 0 Å². The Bertz CT molecular complexity index is 606. The SMILES string of the molecule is Brc1ccc(-c2ccc(-c3ccc(Br)s3)cc2)s1. The van der Waals surface area contributed by atoms with Crippen molar-refractivity contribution >= 4 is 54.5 Å². The van der Waals surface area contributed by atoms with Crippen molar-refractivity contribution in [1.29, 1.82) is 0 Å². The molecule has 0 aliphatic carbocycles. The molecule has 0 aliphatic rings. The second kappa shape index (κ2) is 5.29. The van der Waals surface area contributed by atoms with Gasteiger partial charge in [-0.3, -0.25) is 0 Å². The molecule has 4 heteroatoms. The van der Waals surface area contributed by atoms with E-state index in [0.29, 0.717) is 0 Å². The van der Waals surface area contributed by atoms with Crippen LogP contribution in [0.2, 0.25) is 0 Å². The van der Waals surface area contributed by atoms with Gasteiger partial charge in [0.15, 0.2) is 0 Å². The van der Waals surface area contributed by atoms with Gasteiger partial charge in [-0.1, -0.05) is 24.3 Å². The van der Waals surface area contributed by atoms with Crippen LogP contribution in [0.15, 0.2) is 56.1 Å². The highest BCUT2D eigenvalue weighted by molar-refractivity contribution is 9.11. The number of benzene rings is 1.